The van der Waals surface area contributed by atoms with Crippen LogP contribution in [-0.4, -0.2) is 45.4 Å². The second kappa shape index (κ2) is 8.31. The van der Waals surface area contributed by atoms with Crippen LogP contribution in [0, 0.1) is 0 Å². The van der Waals surface area contributed by atoms with E-state index in [1.807, 2.05) is 0 Å². The van der Waals surface area contributed by atoms with Crippen molar-refractivity contribution in [2.24, 2.45) is 0 Å². The number of ether oxygens (including phenoxy) is 3. The minimum atomic E-state index is -3.35. The fourth-order valence-corrected chi connectivity index (χ4v) is 1.47. The normalized spacial score (nSPS) is 11.0. The van der Waals surface area contributed by atoms with Gasteiger partial charge in [0.2, 0.25) is 0 Å². The maximum atomic E-state index is 12.6. The van der Waals surface area contributed by atoms with Gasteiger partial charge in [0.05, 0.1) is 25.9 Å². The Kier molecular flexibility index (Phi) is 6.74. The highest BCUT2D eigenvalue weighted by Crippen LogP contribution is 2.23. The predicted molar refractivity (Wildman–Crippen MR) is 70.3 cm³/mol. The summed E-state index contributed by atoms with van der Waals surface area (Å²) in [6, 6.07) is 4.68. The first-order valence-electron chi connectivity index (χ1n) is 6.20. The monoisotopic (exact) mass is 302 g/mol. The Morgan fingerprint density at radius 1 is 1.19 bits per heavy atom. The van der Waals surface area contributed by atoms with Gasteiger partial charge in [0.1, 0.15) is 18.1 Å². The molecule has 0 atom stereocenters. The average Bonchev–Trinajstić information content (AvgIpc) is 2.50. The lowest BCUT2D eigenvalue weighted by Crippen LogP contribution is -2.21. The highest BCUT2D eigenvalue weighted by molar-refractivity contribution is 5.79. The minimum Gasteiger partial charge on any atom is -0.496 e. The van der Waals surface area contributed by atoms with E-state index < -0.39 is 18.6 Å². The summed E-state index contributed by atoms with van der Waals surface area (Å²) >= 11 is 0. The number of rotatable bonds is 10. The van der Waals surface area contributed by atoms with E-state index in [0.717, 1.165) is 0 Å². The summed E-state index contributed by atoms with van der Waals surface area (Å²) in [5.74, 6) is -2.49. The Hall–Kier alpha value is -2.02. The lowest BCUT2D eigenvalue weighted by atomic mass is 10.2. The van der Waals surface area contributed by atoms with E-state index in [2.05, 4.69) is 0 Å². The van der Waals surface area contributed by atoms with Crippen molar-refractivity contribution in [3.05, 3.63) is 23.8 Å². The maximum absolute atomic E-state index is 12.6. The summed E-state index contributed by atoms with van der Waals surface area (Å²) < 4.78 is 40.4. The van der Waals surface area contributed by atoms with Gasteiger partial charge in [0, 0.05) is 12.5 Å². The summed E-state index contributed by atoms with van der Waals surface area (Å²) in [7, 11) is 1.43. The van der Waals surface area contributed by atoms with Crippen LogP contribution in [0.1, 0.15) is 16.8 Å². The van der Waals surface area contributed by atoms with Crippen LogP contribution < -0.4 is 9.47 Å². The second-order valence-corrected chi connectivity index (χ2v) is 4.11. The number of halogens is 2. The van der Waals surface area contributed by atoms with E-state index in [1.54, 1.807) is 18.2 Å². The van der Waals surface area contributed by atoms with Crippen molar-refractivity contribution in [3.63, 3.8) is 0 Å². The summed E-state index contributed by atoms with van der Waals surface area (Å²) in [5, 5.41) is 0. The summed E-state index contributed by atoms with van der Waals surface area (Å²) in [6.45, 7) is 0.0193. The van der Waals surface area contributed by atoms with E-state index in [-0.39, 0.29) is 19.8 Å². The number of methoxy groups -OCH3 is 1. The van der Waals surface area contributed by atoms with Gasteiger partial charge in [-0.25, -0.2) is 0 Å². The Balaban J connectivity index is 2.30. The third-order valence-corrected chi connectivity index (χ3v) is 2.58. The molecule has 5 nitrogen and oxygen atoms in total. The summed E-state index contributed by atoms with van der Waals surface area (Å²) in [6.07, 6.45) is -0.384. The van der Waals surface area contributed by atoms with E-state index >= 15 is 0 Å². The lowest BCUT2D eigenvalue weighted by Gasteiger charge is -2.11. The first kappa shape index (κ1) is 17.0. The van der Waals surface area contributed by atoms with Gasteiger partial charge in [-0.2, -0.15) is 8.78 Å². The molecule has 0 amide bonds. The first-order valence-corrected chi connectivity index (χ1v) is 6.20. The molecule has 0 fully saturated rings. The van der Waals surface area contributed by atoms with E-state index in [0.29, 0.717) is 23.3 Å². The zero-order chi connectivity index (χ0) is 15.7. The molecule has 7 heteroatoms. The molecular weight excluding hydrogens is 286 g/mol. The molecule has 0 saturated heterocycles. The molecule has 0 N–H and O–H groups in total. The number of alkyl halides is 2. The van der Waals surface area contributed by atoms with Gasteiger partial charge in [0.25, 0.3) is 0 Å². The van der Waals surface area contributed by atoms with Crippen molar-refractivity contribution in [1.29, 1.82) is 0 Å². The van der Waals surface area contributed by atoms with E-state index in [4.69, 9.17) is 14.2 Å². The molecule has 1 aromatic carbocycles. The average molecular weight is 302 g/mol. The van der Waals surface area contributed by atoms with Gasteiger partial charge < -0.3 is 14.2 Å². The van der Waals surface area contributed by atoms with Crippen LogP contribution in [0.15, 0.2) is 18.2 Å². The van der Waals surface area contributed by atoms with Crippen LogP contribution in [-0.2, 0) is 9.53 Å². The Morgan fingerprint density at radius 3 is 2.57 bits per heavy atom. The molecule has 0 bridgehead atoms. The molecular formula is C14H16F2O5. The SMILES string of the molecule is COc1cc(OCCOCCC(F)(F)C=O)ccc1C=O. The van der Waals surface area contributed by atoms with Gasteiger partial charge in [-0.3, -0.25) is 9.59 Å². The van der Waals surface area contributed by atoms with Gasteiger partial charge in [-0.15, -0.1) is 0 Å². The number of carbonyl (C=O) groups excluding carboxylic acids is 2. The van der Waals surface area contributed by atoms with Crippen molar-refractivity contribution in [1.82, 2.24) is 0 Å². The Morgan fingerprint density at radius 2 is 1.95 bits per heavy atom. The van der Waals surface area contributed by atoms with Crippen molar-refractivity contribution < 1.29 is 32.6 Å². The molecule has 21 heavy (non-hydrogen) atoms. The maximum Gasteiger partial charge on any atom is 0.304 e. The lowest BCUT2D eigenvalue weighted by molar-refractivity contribution is -0.131. The molecule has 0 saturated carbocycles. The molecule has 0 aliphatic heterocycles. The van der Waals surface area contributed by atoms with E-state index in [9.17, 15) is 18.4 Å². The molecule has 116 valence electrons. The third kappa shape index (κ3) is 5.86. The minimum absolute atomic E-state index is 0.104. The Labute approximate surface area is 120 Å². The number of benzene rings is 1. The second-order valence-electron chi connectivity index (χ2n) is 4.11. The van der Waals surface area contributed by atoms with Crippen LogP contribution in [0.25, 0.3) is 0 Å². The fourth-order valence-electron chi connectivity index (χ4n) is 1.47. The van der Waals surface area contributed by atoms with Crippen molar-refractivity contribution in [3.8, 4) is 11.5 Å². The molecule has 1 rings (SSSR count). The topological polar surface area (TPSA) is 61.8 Å². The molecule has 0 heterocycles. The van der Waals surface area contributed by atoms with Crippen molar-refractivity contribution in [2.45, 2.75) is 12.3 Å². The smallest absolute Gasteiger partial charge is 0.304 e. The van der Waals surface area contributed by atoms with Crippen LogP contribution in [0.4, 0.5) is 8.78 Å². The highest BCUT2D eigenvalue weighted by Gasteiger charge is 2.27. The molecule has 0 unspecified atom stereocenters. The first-order chi connectivity index (χ1) is 10.0. The number of aldehydes is 2. The van der Waals surface area contributed by atoms with Crippen molar-refractivity contribution >= 4 is 12.6 Å². The largest absolute Gasteiger partial charge is 0.496 e. The molecule has 1 aromatic rings. The Bertz CT molecular complexity index is 476. The van der Waals surface area contributed by atoms with Gasteiger partial charge in [0.15, 0.2) is 12.6 Å². The molecule has 0 aliphatic carbocycles. The van der Waals surface area contributed by atoms with Crippen LogP contribution in [0.2, 0.25) is 0 Å². The zero-order valence-corrected chi connectivity index (χ0v) is 11.5. The quantitative estimate of drug-likeness (QED) is 0.489. The number of carbonyl (C=O) groups is 2. The number of hydrogen-bond donors (Lipinski definition) is 0. The van der Waals surface area contributed by atoms with Crippen LogP contribution in [0.3, 0.4) is 0 Å². The molecule has 0 aliphatic rings. The fraction of sp³-hybridized carbons (Fsp3) is 0.429. The number of hydrogen-bond acceptors (Lipinski definition) is 5. The predicted octanol–water partition coefficient (Wildman–Crippen LogP) is 2.13. The zero-order valence-electron chi connectivity index (χ0n) is 11.5. The van der Waals surface area contributed by atoms with E-state index in [1.165, 1.54) is 7.11 Å². The van der Waals surface area contributed by atoms with Gasteiger partial charge >= 0.3 is 5.92 Å². The van der Waals surface area contributed by atoms with Crippen LogP contribution >= 0.6 is 0 Å². The highest BCUT2D eigenvalue weighted by atomic mass is 19.3. The van der Waals surface area contributed by atoms with Crippen LogP contribution in [0.5, 0.6) is 11.5 Å². The van der Waals surface area contributed by atoms with Gasteiger partial charge in [-0.1, -0.05) is 0 Å². The summed E-state index contributed by atoms with van der Waals surface area (Å²) in [5.41, 5.74) is 0.400. The standard InChI is InChI=1S/C14H16F2O5/c1-19-13-8-12(3-2-11(13)9-17)21-7-6-20-5-4-14(15,16)10-18/h2-3,8-10H,4-7H2,1H3. The molecule has 0 aromatic heterocycles. The van der Waals surface area contributed by atoms with Crippen molar-refractivity contribution in [2.75, 3.05) is 26.9 Å². The summed E-state index contributed by atoms with van der Waals surface area (Å²) in [4.78, 5) is 20.7. The molecule has 0 spiro atoms. The third-order valence-electron chi connectivity index (χ3n) is 2.58. The van der Waals surface area contributed by atoms with Gasteiger partial charge in [-0.05, 0) is 12.1 Å². The molecule has 0 radical (unpaired) electrons.